The summed E-state index contributed by atoms with van der Waals surface area (Å²) in [5.41, 5.74) is 5.07. The van der Waals surface area contributed by atoms with Crippen molar-refractivity contribution in [1.29, 1.82) is 0 Å². The van der Waals surface area contributed by atoms with Crippen LogP contribution in [0.4, 0.5) is 8.78 Å². The Hall–Kier alpha value is -0.860. The summed E-state index contributed by atoms with van der Waals surface area (Å²) < 4.78 is 24.8. The van der Waals surface area contributed by atoms with Crippen LogP contribution in [0.5, 0.6) is 0 Å². The van der Waals surface area contributed by atoms with Gasteiger partial charge in [-0.2, -0.15) is 0 Å². The molecule has 0 heterocycles. The summed E-state index contributed by atoms with van der Waals surface area (Å²) in [6.45, 7) is 3.08. The van der Waals surface area contributed by atoms with Crippen molar-refractivity contribution in [2.24, 2.45) is 5.73 Å². The van der Waals surface area contributed by atoms with E-state index in [0.717, 1.165) is 6.08 Å². The number of nitrogens with two attached hydrogens (primary N) is 1. The van der Waals surface area contributed by atoms with Gasteiger partial charge < -0.3 is 5.73 Å². The molecule has 3 heteroatoms. The highest BCUT2D eigenvalue weighted by Crippen LogP contribution is 2.15. The van der Waals surface area contributed by atoms with Gasteiger partial charge in [-0.1, -0.05) is 6.92 Å². The van der Waals surface area contributed by atoms with Gasteiger partial charge in [0.2, 0.25) is 0 Å². The summed E-state index contributed by atoms with van der Waals surface area (Å²) in [5, 5.41) is 0. The van der Waals surface area contributed by atoms with Crippen molar-refractivity contribution in [3.63, 3.8) is 0 Å². The molecule has 0 saturated heterocycles. The van der Waals surface area contributed by atoms with Gasteiger partial charge in [-0.25, -0.2) is 8.78 Å². The molecule has 10 heavy (non-hydrogen) atoms. The maximum Gasteiger partial charge on any atom is 0.177 e. The van der Waals surface area contributed by atoms with E-state index in [-0.39, 0.29) is 5.70 Å². The van der Waals surface area contributed by atoms with Crippen molar-refractivity contribution in [2.75, 3.05) is 0 Å². The molecule has 0 amide bonds. The zero-order valence-corrected chi connectivity index (χ0v) is 6.12. The SMILES string of the molecule is C/C=C(F)\C(F)=C(\N)CC. The van der Waals surface area contributed by atoms with E-state index in [1.165, 1.54) is 6.92 Å². The average Bonchev–Trinajstić information content (AvgIpc) is 2.00. The molecule has 0 fully saturated rings. The highest BCUT2D eigenvalue weighted by molar-refractivity contribution is 5.22. The van der Waals surface area contributed by atoms with Gasteiger partial charge in [0.25, 0.3) is 0 Å². The first-order valence-electron chi connectivity index (χ1n) is 3.09. The van der Waals surface area contributed by atoms with Crippen LogP contribution in [-0.4, -0.2) is 0 Å². The smallest absolute Gasteiger partial charge is 0.177 e. The summed E-state index contributed by atoms with van der Waals surface area (Å²) >= 11 is 0. The fraction of sp³-hybridized carbons (Fsp3) is 0.429. The van der Waals surface area contributed by atoms with Crippen molar-refractivity contribution in [1.82, 2.24) is 0 Å². The standard InChI is InChI=1S/C7H11F2N/c1-3-5(8)7(9)6(10)4-2/h3H,4,10H2,1-2H3/b5-3+,7-6-. The molecule has 0 rings (SSSR count). The number of rotatable bonds is 2. The fourth-order valence-electron chi connectivity index (χ4n) is 0.435. The molecule has 0 unspecified atom stereocenters. The lowest BCUT2D eigenvalue weighted by Gasteiger charge is -1.97. The fourth-order valence-corrected chi connectivity index (χ4v) is 0.435. The van der Waals surface area contributed by atoms with Gasteiger partial charge >= 0.3 is 0 Å². The highest BCUT2D eigenvalue weighted by atomic mass is 19.2. The van der Waals surface area contributed by atoms with Crippen LogP contribution in [0.3, 0.4) is 0 Å². The second kappa shape index (κ2) is 4.04. The van der Waals surface area contributed by atoms with Gasteiger partial charge in [0.15, 0.2) is 11.7 Å². The lowest BCUT2D eigenvalue weighted by molar-refractivity contribution is 0.532. The molecule has 0 spiro atoms. The largest absolute Gasteiger partial charge is 0.400 e. The topological polar surface area (TPSA) is 26.0 Å². The summed E-state index contributed by atoms with van der Waals surface area (Å²) in [7, 11) is 0. The lowest BCUT2D eigenvalue weighted by Crippen LogP contribution is -1.98. The van der Waals surface area contributed by atoms with Crippen LogP contribution < -0.4 is 5.73 Å². The Bertz CT molecular complexity index is 170. The maximum atomic E-state index is 12.5. The molecule has 1 nitrogen and oxygen atoms in total. The molecule has 0 aromatic rings. The van der Waals surface area contributed by atoms with Crippen LogP contribution in [0.25, 0.3) is 0 Å². The number of hydrogen-bond acceptors (Lipinski definition) is 1. The van der Waals surface area contributed by atoms with Crippen molar-refractivity contribution in [3.8, 4) is 0 Å². The molecule has 0 radical (unpaired) electrons. The van der Waals surface area contributed by atoms with Crippen LogP contribution in [0.15, 0.2) is 23.4 Å². The van der Waals surface area contributed by atoms with Crippen molar-refractivity contribution in [2.45, 2.75) is 20.3 Å². The minimum atomic E-state index is -0.940. The molecule has 0 aliphatic carbocycles. The van der Waals surface area contributed by atoms with Crippen LogP contribution >= 0.6 is 0 Å². The zero-order chi connectivity index (χ0) is 8.15. The second-order valence-electron chi connectivity index (χ2n) is 1.83. The summed E-state index contributed by atoms with van der Waals surface area (Å²) in [4.78, 5) is 0. The highest BCUT2D eigenvalue weighted by Gasteiger charge is 2.04. The third kappa shape index (κ3) is 2.17. The Morgan fingerprint density at radius 1 is 1.50 bits per heavy atom. The molecular formula is C7H11F2N. The predicted octanol–water partition coefficient (Wildman–Crippen LogP) is 2.41. The molecule has 2 N–H and O–H groups in total. The molecular weight excluding hydrogens is 136 g/mol. The van der Waals surface area contributed by atoms with Gasteiger partial charge in [0.05, 0.1) is 0 Å². The second-order valence-corrected chi connectivity index (χ2v) is 1.83. The Balaban J connectivity index is 4.46. The number of halogens is 2. The molecule has 58 valence electrons. The van der Waals surface area contributed by atoms with Crippen molar-refractivity contribution < 1.29 is 8.78 Å². The minimum absolute atomic E-state index is 0.0457. The van der Waals surface area contributed by atoms with Crippen LogP contribution in [0, 0.1) is 0 Å². The Morgan fingerprint density at radius 2 is 2.00 bits per heavy atom. The monoisotopic (exact) mass is 147 g/mol. The molecule has 0 bridgehead atoms. The van der Waals surface area contributed by atoms with Crippen molar-refractivity contribution >= 4 is 0 Å². The normalized spacial score (nSPS) is 15.0. The first-order chi connectivity index (χ1) is 4.63. The van der Waals surface area contributed by atoms with E-state index in [9.17, 15) is 8.78 Å². The van der Waals surface area contributed by atoms with E-state index in [1.807, 2.05) is 0 Å². The lowest BCUT2D eigenvalue weighted by atomic mass is 10.3. The van der Waals surface area contributed by atoms with Gasteiger partial charge in [0.1, 0.15) is 0 Å². The Morgan fingerprint density at radius 3 is 2.30 bits per heavy atom. The van der Waals surface area contributed by atoms with Crippen LogP contribution in [-0.2, 0) is 0 Å². The predicted molar refractivity (Wildman–Crippen MR) is 37.5 cm³/mol. The summed E-state index contributed by atoms with van der Waals surface area (Å²) in [6.07, 6.45) is 1.37. The zero-order valence-electron chi connectivity index (χ0n) is 6.12. The van der Waals surface area contributed by atoms with E-state index >= 15 is 0 Å². The van der Waals surface area contributed by atoms with Gasteiger partial charge in [-0.15, -0.1) is 0 Å². The molecule has 0 atom stereocenters. The number of hydrogen-bond donors (Lipinski definition) is 1. The average molecular weight is 147 g/mol. The molecule has 0 aliphatic rings. The molecule has 0 aliphatic heterocycles. The van der Waals surface area contributed by atoms with Crippen molar-refractivity contribution in [3.05, 3.63) is 23.4 Å². The first-order valence-corrected chi connectivity index (χ1v) is 3.09. The molecule has 0 saturated carbocycles. The maximum absolute atomic E-state index is 12.5. The summed E-state index contributed by atoms with van der Waals surface area (Å²) in [6, 6.07) is 0. The first kappa shape index (κ1) is 9.14. The van der Waals surface area contributed by atoms with E-state index in [1.54, 1.807) is 6.92 Å². The summed E-state index contributed by atoms with van der Waals surface area (Å²) in [5.74, 6) is -1.83. The van der Waals surface area contributed by atoms with E-state index < -0.39 is 11.7 Å². The van der Waals surface area contributed by atoms with E-state index in [2.05, 4.69) is 0 Å². The Kier molecular flexibility index (Phi) is 3.69. The van der Waals surface area contributed by atoms with Gasteiger partial charge in [-0.05, 0) is 19.4 Å². The van der Waals surface area contributed by atoms with E-state index in [4.69, 9.17) is 5.73 Å². The Labute approximate surface area is 59.2 Å². The minimum Gasteiger partial charge on any atom is -0.400 e. The third-order valence-corrected chi connectivity index (χ3v) is 1.13. The van der Waals surface area contributed by atoms with Crippen LogP contribution in [0.1, 0.15) is 20.3 Å². The molecule has 0 aromatic heterocycles. The van der Waals surface area contributed by atoms with Gasteiger partial charge in [0, 0.05) is 5.70 Å². The molecule has 0 aromatic carbocycles. The number of allylic oxidation sites excluding steroid dienone is 4. The van der Waals surface area contributed by atoms with E-state index in [0.29, 0.717) is 6.42 Å². The quantitative estimate of drug-likeness (QED) is 0.596. The third-order valence-electron chi connectivity index (χ3n) is 1.13. The van der Waals surface area contributed by atoms with Crippen LogP contribution in [0.2, 0.25) is 0 Å². The van der Waals surface area contributed by atoms with Gasteiger partial charge in [-0.3, -0.25) is 0 Å².